The fourth-order valence-corrected chi connectivity index (χ4v) is 4.15. The molecule has 2 heterocycles. The molecule has 0 spiro atoms. The first-order valence-corrected chi connectivity index (χ1v) is 7.26. The molecule has 1 atom stereocenters. The summed E-state index contributed by atoms with van der Waals surface area (Å²) in [7, 11) is 0. The lowest BCUT2D eigenvalue weighted by molar-refractivity contribution is 0.226. The SMILES string of the molecule is CCc1ccsc1C(O)c1sccc1Br. The highest BCUT2D eigenvalue weighted by molar-refractivity contribution is 9.10. The lowest BCUT2D eigenvalue weighted by Gasteiger charge is -2.09. The van der Waals surface area contributed by atoms with E-state index in [1.54, 1.807) is 22.7 Å². The van der Waals surface area contributed by atoms with E-state index >= 15 is 0 Å². The van der Waals surface area contributed by atoms with Crippen LogP contribution in [0.4, 0.5) is 0 Å². The molecule has 0 radical (unpaired) electrons. The second kappa shape index (κ2) is 4.78. The van der Waals surface area contributed by atoms with E-state index in [-0.39, 0.29) is 0 Å². The first-order valence-electron chi connectivity index (χ1n) is 4.71. The quantitative estimate of drug-likeness (QED) is 0.900. The van der Waals surface area contributed by atoms with Gasteiger partial charge in [0.1, 0.15) is 6.10 Å². The number of hydrogen-bond acceptors (Lipinski definition) is 3. The predicted molar refractivity (Wildman–Crippen MR) is 69.8 cm³/mol. The summed E-state index contributed by atoms with van der Waals surface area (Å²) in [6.45, 7) is 2.11. The zero-order valence-electron chi connectivity index (χ0n) is 8.24. The van der Waals surface area contributed by atoms with Crippen molar-refractivity contribution in [3.8, 4) is 0 Å². The molecule has 2 aromatic rings. The number of thiophene rings is 2. The molecule has 4 heteroatoms. The highest BCUT2D eigenvalue weighted by Gasteiger charge is 2.18. The van der Waals surface area contributed by atoms with Crippen molar-refractivity contribution in [1.29, 1.82) is 0 Å². The van der Waals surface area contributed by atoms with Gasteiger partial charge in [0.15, 0.2) is 0 Å². The summed E-state index contributed by atoms with van der Waals surface area (Å²) in [6.07, 6.45) is 0.494. The standard InChI is InChI=1S/C11H11BrOS2/c1-2-7-3-5-14-10(7)9(13)11-8(12)4-6-15-11/h3-6,9,13H,2H2,1H3. The summed E-state index contributed by atoms with van der Waals surface area (Å²) in [6, 6.07) is 4.06. The minimum atomic E-state index is -0.477. The van der Waals surface area contributed by atoms with E-state index in [9.17, 15) is 5.11 Å². The summed E-state index contributed by atoms with van der Waals surface area (Å²) in [5.74, 6) is 0. The van der Waals surface area contributed by atoms with Crippen molar-refractivity contribution in [2.24, 2.45) is 0 Å². The van der Waals surface area contributed by atoms with Gasteiger partial charge in [0.25, 0.3) is 0 Å². The van der Waals surface area contributed by atoms with Crippen molar-refractivity contribution in [3.63, 3.8) is 0 Å². The molecule has 0 bridgehead atoms. The monoisotopic (exact) mass is 302 g/mol. The highest BCUT2D eigenvalue weighted by Crippen LogP contribution is 2.36. The van der Waals surface area contributed by atoms with E-state index in [1.807, 2.05) is 16.8 Å². The van der Waals surface area contributed by atoms with E-state index in [2.05, 4.69) is 28.9 Å². The molecule has 2 aromatic heterocycles. The largest absolute Gasteiger partial charge is 0.382 e. The Labute approximate surface area is 106 Å². The van der Waals surface area contributed by atoms with Crippen LogP contribution in [0.3, 0.4) is 0 Å². The molecule has 0 fully saturated rings. The van der Waals surface area contributed by atoms with Gasteiger partial charge < -0.3 is 5.11 Å². The topological polar surface area (TPSA) is 20.2 Å². The third-order valence-electron chi connectivity index (χ3n) is 2.30. The van der Waals surface area contributed by atoms with Crippen LogP contribution in [0.25, 0.3) is 0 Å². The van der Waals surface area contributed by atoms with Gasteiger partial charge in [-0.2, -0.15) is 0 Å². The normalized spacial score (nSPS) is 13.0. The van der Waals surface area contributed by atoms with Crippen LogP contribution in [0.1, 0.15) is 28.3 Å². The molecule has 2 rings (SSSR count). The number of aliphatic hydroxyl groups excluding tert-OH is 1. The van der Waals surface area contributed by atoms with Crippen molar-refractivity contribution < 1.29 is 5.11 Å². The molecule has 0 amide bonds. The zero-order chi connectivity index (χ0) is 10.8. The highest BCUT2D eigenvalue weighted by atomic mass is 79.9. The van der Waals surface area contributed by atoms with E-state index < -0.39 is 6.10 Å². The molecule has 1 nitrogen and oxygen atoms in total. The lowest BCUT2D eigenvalue weighted by Crippen LogP contribution is -1.98. The fourth-order valence-electron chi connectivity index (χ4n) is 1.50. The van der Waals surface area contributed by atoms with Gasteiger partial charge in [-0.05, 0) is 50.8 Å². The van der Waals surface area contributed by atoms with Gasteiger partial charge in [0, 0.05) is 9.35 Å². The molecule has 0 aliphatic rings. The first kappa shape index (κ1) is 11.3. The van der Waals surface area contributed by atoms with Gasteiger partial charge in [-0.1, -0.05) is 6.92 Å². The number of halogens is 1. The van der Waals surface area contributed by atoms with E-state index in [0.29, 0.717) is 0 Å². The van der Waals surface area contributed by atoms with E-state index in [1.165, 1.54) is 5.56 Å². The van der Waals surface area contributed by atoms with Crippen molar-refractivity contribution >= 4 is 38.6 Å². The summed E-state index contributed by atoms with van der Waals surface area (Å²) in [5, 5.41) is 14.3. The number of rotatable bonds is 3. The van der Waals surface area contributed by atoms with Gasteiger partial charge in [0.05, 0.1) is 4.88 Å². The summed E-state index contributed by atoms with van der Waals surface area (Å²) in [4.78, 5) is 2.06. The van der Waals surface area contributed by atoms with Gasteiger partial charge >= 0.3 is 0 Å². The molecule has 0 aromatic carbocycles. The number of hydrogen-bond donors (Lipinski definition) is 1. The Balaban J connectivity index is 2.36. The third-order valence-corrected chi connectivity index (χ3v) is 5.24. The van der Waals surface area contributed by atoms with Crippen molar-refractivity contribution in [2.45, 2.75) is 19.4 Å². The molecule has 0 aliphatic heterocycles. The lowest BCUT2D eigenvalue weighted by atomic mass is 10.1. The van der Waals surface area contributed by atoms with Gasteiger partial charge in [-0.3, -0.25) is 0 Å². The summed E-state index contributed by atoms with van der Waals surface area (Å²) < 4.78 is 0.996. The van der Waals surface area contributed by atoms with Crippen LogP contribution >= 0.6 is 38.6 Å². The second-order valence-electron chi connectivity index (χ2n) is 3.20. The molecule has 80 valence electrons. The van der Waals surface area contributed by atoms with Crippen LogP contribution in [0.5, 0.6) is 0 Å². The molecular weight excluding hydrogens is 292 g/mol. The Kier molecular flexibility index (Phi) is 3.61. The minimum absolute atomic E-state index is 0.477. The smallest absolute Gasteiger partial charge is 0.124 e. The Morgan fingerprint density at radius 2 is 1.93 bits per heavy atom. The Bertz CT molecular complexity index is 447. The average molecular weight is 303 g/mol. The summed E-state index contributed by atoms with van der Waals surface area (Å²) in [5.41, 5.74) is 1.24. The van der Waals surface area contributed by atoms with Crippen molar-refractivity contribution in [3.05, 3.63) is 42.7 Å². The van der Waals surface area contributed by atoms with Crippen LogP contribution in [0, 0.1) is 0 Å². The molecule has 0 saturated carbocycles. The van der Waals surface area contributed by atoms with Gasteiger partial charge in [-0.25, -0.2) is 0 Å². The summed E-state index contributed by atoms with van der Waals surface area (Å²) >= 11 is 6.66. The Morgan fingerprint density at radius 3 is 2.53 bits per heavy atom. The van der Waals surface area contributed by atoms with Crippen LogP contribution in [-0.2, 0) is 6.42 Å². The maximum Gasteiger partial charge on any atom is 0.124 e. The van der Waals surface area contributed by atoms with Crippen LogP contribution < -0.4 is 0 Å². The van der Waals surface area contributed by atoms with Crippen LogP contribution in [0.2, 0.25) is 0 Å². The Hall–Kier alpha value is -0.160. The van der Waals surface area contributed by atoms with E-state index in [4.69, 9.17) is 0 Å². The molecule has 1 unspecified atom stereocenters. The fraction of sp³-hybridized carbons (Fsp3) is 0.273. The third kappa shape index (κ3) is 2.18. The van der Waals surface area contributed by atoms with Crippen molar-refractivity contribution in [1.82, 2.24) is 0 Å². The zero-order valence-corrected chi connectivity index (χ0v) is 11.5. The maximum absolute atomic E-state index is 10.3. The molecule has 0 saturated heterocycles. The number of aliphatic hydroxyl groups is 1. The van der Waals surface area contributed by atoms with E-state index in [0.717, 1.165) is 20.6 Å². The molecule has 0 aliphatic carbocycles. The minimum Gasteiger partial charge on any atom is -0.382 e. The Morgan fingerprint density at radius 1 is 1.27 bits per heavy atom. The van der Waals surface area contributed by atoms with Gasteiger partial charge in [-0.15, -0.1) is 22.7 Å². The molecule has 15 heavy (non-hydrogen) atoms. The van der Waals surface area contributed by atoms with Gasteiger partial charge in [0.2, 0.25) is 0 Å². The predicted octanol–water partition coefficient (Wildman–Crippen LogP) is 4.22. The second-order valence-corrected chi connectivity index (χ2v) is 5.95. The average Bonchev–Trinajstić information content (AvgIpc) is 2.84. The maximum atomic E-state index is 10.3. The van der Waals surface area contributed by atoms with Crippen LogP contribution in [-0.4, -0.2) is 5.11 Å². The molecule has 1 N–H and O–H groups in total. The van der Waals surface area contributed by atoms with Crippen molar-refractivity contribution in [2.75, 3.05) is 0 Å². The first-order chi connectivity index (χ1) is 7.24. The van der Waals surface area contributed by atoms with Crippen LogP contribution in [0.15, 0.2) is 27.4 Å². The number of aryl methyl sites for hydroxylation is 1. The molecular formula is C11H11BrOS2.